The van der Waals surface area contributed by atoms with Gasteiger partial charge in [-0.1, -0.05) is 30.2 Å². The van der Waals surface area contributed by atoms with E-state index in [2.05, 4.69) is 0 Å². The monoisotopic (exact) mass is 228 g/mol. The summed E-state index contributed by atoms with van der Waals surface area (Å²) in [5.74, 6) is 2.83. The van der Waals surface area contributed by atoms with Crippen molar-refractivity contribution in [2.75, 3.05) is 0 Å². The summed E-state index contributed by atoms with van der Waals surface area (Å²) in [4.78, 5) is 12.2. The first kappa shape index (κ1) is 11.0. The fourth-order valence-corrected chi connectivity index (χ4v) is 3.80. The number of rotatable bonds is 3. The average molecular weight is 228 g/mol. The lowest BCUT2D eigenvalue weighted by molar-refractivity contribution is 0.0944. The minimum Gasteiger partial charge on any atom is -0.294 e. The van der Waals surface area contributed by atoms with Crippen LogP contribution in [0.5, 0.6) is 0 Å². The van der Waals surface area contributed by atoms with Crippen molar-refractivity contribution in [2.45, 2.75) is 39.0 Å². The molecule has 90 valence electrons. The van der Waals surface area contributed by atoms with Crippen LogP contribution in [-0.4, -0.2) is 5.78 Å². The van der Waals surface area contributed by atoms with Crippen LogP contribution in [0, 0.1) is 24.7 Å². The van der Waals surface area contributed by atoms with E-state index in [4.69, 9.17) is 0 Å². The molecule has 1 heteroatoms. The summed E-state index contributed by atoms with van der Waals surface area (Å²) >= 11 is 0. The molecule has 2 aliphatic carbocycles. The molecular formula is C16H20O. The molecule has 3 atom stereocenters. The van der Waals surface area contributed by atoms with Gasteiger partial charge in [0.2, 0.25) is 0 Å². The third-order valence-electron chi connectivity index (χ3n) is 4.67. The first-order chi connectivity index (χ1) is 8.22. The van der Waals surface area contributed by atoms with Crippen molar-refractivity contribution in [1.82, 2.24) is 0 Å². The molecule has 2 fully saturated rings. The number of benzene rings is 1. The minimum absolute atomic E-state index is 0.353. The van der Waals surface area contributed by atoms with Crippen molar-refractivity contribution in [3.05, 3.63) is 35.4 Å². The summed E-state index contributed by atoms with van der Waals surface area (Å²) in [7, 11) is 0. The number of ketones is 1. The van der Waals surface area contributed by atoms with Gasteiger partial charge >= 0.3 is 0 Å². The topological polar surface area (TPSA) is 17.1 Å². The van der Waals surface area contributed by atoms with Crippen LogP contribution in [0.4, 0.5) is 0 Å². The number of hydrogen-bond acceptors (Lipinski definition) is 1. The predicted molar refractivity (Wildman–Crippen MR) is 69.1 cm³/mol. The second-order valence-electron chi connectivity index (χ2n) is 5.93. The molecule has 0 radical (unpaired) electrons. The number of aryl methyl sites for hydroxylation is 1. The van der Waals surface area contributed by atoms with Crippen LogP contribution in [0.15, 0.2) is 24.3 Å². The molecule has 0 amide bonds. The lowest BCUT2D eigenvalue weighted by Crippen LogP contribution is -2.15. The summed E-state index contributed by atoms with van der Waals surface area (Å²) in [6, 6.07) is 8.02. The van der Waals surface area contributed by atoms with Crippen molar-refractivity contribution in [3.8, 4) is 0 Å². The fourth-order valence-electron chi connectivity index (χ4n) is 3.80. The Morgan fingerprint density at radius 3 is 2.82 bits per heavy atom. The van der Waals surface area contributed by atoms with Gasteiger partial charge in [-0.3, -0.25) is 4.79 Å². The fraction of sp³-hybridized carbons (Fsp3) is 0.562. The molecule has 2 bridgehead atoms. The normalized spacial score (nSPS) is 30.8. The Morgan fingerprint density at radius 2 is 2.18 bits per heavy atom. The molecule has 3 rings (SSSR count). The van der Waals surface area contributed by atoms with Crippen molar-refractivity contribution >= 4 is 5.78 Å². The summed E-state index contributed by atoms with van der Waals surface area (Å²) in [5, 5.41) is 0. The molecule has 17 heavy (non-hydrogen) atoms. The maximum Gasteiger partial charge on any atom is 0.163 e. The second kappa shape index (κ2) is 4.29. The van der Waals surface area contributed by atoms with Crippen molar-refractivity contribution in [2.24, 2.45) is 17.8 Å². The molecule has 1 aromatic carbocycles. The molecule has 0 heterocycles. The van der Waals surface area contributed by atoms with Crippen LogP contribution < -0.4 is 0 Å². The van der Waals surface area contributed by atoms with Gasteiger partial charge in [0.25, 0.3) is 0 Å². The molecule has 0 N–H and O–H groups in total. The van der Waals surface area contributed by atoms with E-state index in [1.165, 1.54) is 31.2 Å². The molecule has 0 aliphatic heterocycles. The molecule has 2 saturated carbocycles. The third kappa shape index (κ3) is 2.15. The largest absolute Gasteiger partial charge is 0.294 e. The Kier molecular flexibility index (Phi) is 2.78. The summed E-state index contributed by atoms with van der Waals surface area (Å²) in [6.45, 7) is 2.05. The third-order valence-corrected chi connectivity index (χ3v) is 4.67. The van der Waals surface area contributed by atoms with Crippen LogP contribution >= 0.6 is 0 Å². The first-order valence-electron chi connectivity index (χ1n) is 6.82. The van der Waals surface area contributed by atoms with E-state index in [0.717, 1.165) is 23.8 Å². The Hall–Kier alpha value is -1.11. The van der Waals surface area contributed by atoms with E-state index in [1.807, 2.05) is 31.2 Å². The SMILES string of the molecule is Cc1cccc(C(=O)CC2CC3CCC2C3)c1. The standard InChI is InChI=1S/C16H20O/c1-11-3-2-4-14(7-11)16(17)10-15-9-12-5-6-13(15)8-12/h2-4,7,12-13,15H,5-6,8-10H2,1H3. The average Bonchev–Trinajstić information content (AvgIpc) is 2.91. The van der Waals surface area contributed by atoms with E-state index in [9.17, 15) is 4.79 Å². The number of fused-ring (bicyclic) bond motifs is 2. The van der Waals surface area contributed by atoms with E-state index in [1.54, 1.807) is 0 Å². The molecule has 3 unspecified atom stereocenters. The molecule has 1 aromatic rings. The van der Waals surface area contributed by atoms with E-state index in [0.29, 0.717) is 11.7 Å². The highest BCUT2D eigenvalue weighted by Crippen LogP contribution is 2.49. The lowest BCUT2D eigenvalue weighted by Gasteiger charge is -2.20. The summed E-state index contributed by atoms with van der Waals surface area (Å²) in [5.41, 5.74) is 2.09. The van der Waals surface area contributed by atoms with Crippen molar-refractivity contribution < 1.29 is 4.79 Å². The van der Waals surface area contributed by atoms with Gasteiger partial charge in [0.1, 0.15) is 0 Å². The Balaban J connectivity index is 1.68. The van der Waals surface area contributed by atoms with Gasteiger partial charge < -0.3 is 0 Å². The molecule has 2 aliphatic rings. The maximum absolute atomic E-state index is 12.2. The number of Topliss-reactive ketones (excluding diaryl/α,β-unsaturated/α-hetero) is 1. The highest BCUT2D eigenvalue weighted by molar-refractivity contribution is 5.96. The van der Waals surface area contributed by atoms with Crippen LogP contribution in [0.1, 0.15) is 48.0 Å². The second-order valence-corrected chi connectivity index (χ2v) is 5.93. The van der Waals surface area contributed by atoms with Gasteiger partial charge in [-0.05, 0) is 50.0 Å². The molecule has 1 nitrogen and oxygen atoms in total. The minimum atomic E-state index is 0.353. The zero-order chi connectivity index (χ0) is 11.8. The van der Waals surface area contributed by atoms with Crippen LogP contribution in [0.3, 0.4) is 0 Å². The number of carbonyl (C=O) groups is 1. The van der Waals surface area contributed by atoms with Gasteiger partial charge in [0, 0.05) is 12.0 Å². The first-order valence-corrected chi connectivity index (χ1v) is 6.82. The van der Waals surface area contributed by atoms with Gasteiger partial charge in [-0.2, -0.15) is 0 Å². The molecule has 0 saturated heterocycles. The van der Waals surface area contributed by atoms with E-state index >= 15 is 0 Å². The zero-order valence-corrected chi connectivity index (χ0v) is 10.5. The van der Waals surface area contributed by atoms with Crippen LogP contribution in [0.2, 0.25) is 0 Å². The van der Waals surface area contributed by atoms with E-state index in [-0.39, 0.29) is 0 Å². The molecule has 0 aromatic heterocycles. The van der Waals surface area contributed by atoms with Crippen molar-refractivity contribution in [1.29, 1.82) is 0 Å². The van der Waals surface area contributed by atoms with Crippen LogP contribution in [-0.2, 0) is 0 Å². The quantitative estimate of drug-likeness (QED) is 0.714. The number of hydrogen-bond donors (Lipinski definition) is 0. The number of carbonyl (C=O) groups excluding carboxylic acids is 1. The maximum atomic E-state index is 12.2. The van der Waals surface area contributed by atoms with Crippen molar-refractivity contribution in [3.63, 3.8) is 0 Å². The lowest BCUT2D eigenvalue weighted by atomic mass is 9.84. The summed E-state index contributed by atoms with van der Waals surface area (Å²) in [6.07, 6.45) is 6.27. The van der Waals surface area contributed by atoms with Gasteiger partial charge in [-0.15, -0.1) is 0 Å². The Morgan fingerprint density at radius 1 is 1.29 bits per heavy atom. The molecule has 0 spiro atoms. The predicted octanol–water partition coefficient (Wildman–Crippen LogP) is 4.00. The Labute approximate surface area is 103 Å². The highest BCUT2D eigenvalue weighted by atomic mass is 16.1. The van der Waals surface area contributed by atoms with E-state index < -0.39 is 0 Å². The molecular weight excluding hydrogens is 208 g/mol. The van der Waals surface area contributed by atoms with Crippen LogP contribution in [0.25, 0.3) is 0 Å². The smallest absolute Gasteiger partial charge is 0.163 e. The zero-order valence-electron chi connectivity index (χ0n) is 10.5. The summed E-state index contributed by atoms with van der Waals surface area (Å²) < 4.78 is 0. The Bertz CT molecular complexity index is 435. The van der Waals surface area contributed by atoms with Gasteiger partial charge in [0.15, 0.2) is 5.78 Å². The highest BCUT2D eigenvalue weighted by Gasteiger charge is 2.40. The van der Waals surface area contributed by atoms with Gasteiger partial charge in [0.05, 0.1) is 0 Å². The van der Waals surface area contributed by atoms with Gasteiger partial charge in [-0.25, -0.2) is 0 Å².